The van der Waals surface area contributed by atoms with Gasteiger partial charge in [0, 0.05) is 23.2 Å². The second-order valence-corrected chi connectivity index (χ2v) is 8.79. The van der Waals surface area contributed by atoms with Crippen LogP contribution in [0.1, 0.15) is 50.0 Å². The number of hydrogen-bond acceptors (Lipinski definition) is 5. The van der Waals surface area contributed by atoms with Crippen LogP contribution in [0, 0.1) is 27.7 Å². The molecule has 0 aliphatic rings. The minimum atomic E-state index is -0.0221. The molecule has 142 valence electrons. The normalized spacial score (nSPS) is 11.0. The molecule has 27 heavy (non-hydrogen) atoms. The van der Waals surface area contributed by atoms with Crippen molar-refractivity contribution in [1.29, 1.82) is 0 Å². The second kappa shape index (κ2) is 8.76. The number of nitrogens with zero attached hydrogens (tertiary/aromatic N) is 2. The van der Waals surface area contributed by atoms with Crippen molar-refractivity contribution in [1.82, 2.24) is 15.3 Å². The molecule has 2 heterocycles. The molecule has 3 rings (SSSR count). The van der Waals surface area contributed by atoms with Crippen molar-refractivity contribution >= 4 is 28.6 Å². The van der Waals surface area contributed by atoms with Gasteiger partial charge in [-0.15, -0.1) is 22.7 Å². The SMILES string of the molecule is Cc1ccc(-c2nc(C)c(C(=O)NCCCCc3nc(C)cs3)s2)c(C)c1. The van der Waals surface area contributed by atoms with E-state index in [1.807, 2.05) is 13.8 Å². The lowest BCUT2D eigenvalue weighted by molar-refractivity contribution is 0.0956. The molecule has 0 unspecified atom stereocenters. The van der Waals surface area contributed by atoms with E-state index in [0.717, 1.165) is 41.2 Å². The molecule has 1 N–H and O–H groups in total. The molecular weight excluding hydrogens is 374 g/mol. The predicted octanol–water partition coefficient (Wildman–Crippen LogP) is 5.25. The smallest absolute Gasteiger partial charge is 0.263 e. The Morgan fingerprint density at radius 2 is 1.93 bits per heavy atom. The van der Waals surface area contributed by atoms with Gasteiger partial charge in [-0.05, 0) is 52.5 Å². The zero-order chi connectivity index (χ0) is 19.4. The third-order valence-electron chi connectivity index (χ3n) is 4.38. The Hall–Kier alpha value is -2.05. The molecular formula is C21H25N3OS2. The molecule has 0 aliphatic heterocycles. The van der Waals surface area contributed by atoms with Gasteiger partial charge in [0.1, 0.15) is 9.88 Å². The van der Waals surface area contributed by atoms with Gasteiger partial charge in [-0.25, -0.2) is 9.97 Å². The van der Waals surface area contributed by atoms with Crippen LogP contribution in [0.2, 0.25) is 0 Å². The number of rotatable bonds is 7. The minimum Gasteiger partial charge on any atom is -0.351 e. The van der Waals surface area contributed by atoms with Crippen LogP contribution in [-0.4, -0.2) is 22.4 Å². The van der Waals surface area contributed by atoms with Crippen molar-refractivity contribution in [2.24, 2.45) is 0 Å². The van der Waals surface area contributed by atoms with Gasteiger partial charge in [0.25, 0.3) is 5.91 Å². The Morgan fingerprint density at radius 3 is 2.63 bits per heavy atom. The van der Waals surface area contributed by atoms with Crippen LogP contribution < -0.4 is 5.32 Å². The summed E-state index contributed by atoms with van der Waals surface area (Å²) in [6.45, 7) is 8.77. The first-order valence-electron chi connectivity index (χ1n) is 9.18. The lowest BCUT2D eigenvalue weighted by Gasteiger charge is -2.04. The Labute approximate surface area is 168 Å². The van der Waals surface area contributed by atoms with Crippen molar-refractivity contribution in [3.8, 4) is 10.6 Å². The Bertz CT molecular complexity index is 943. The molecule has 0 fully saturated rings. The average molecular weight is 400 g/mol. The number of benzene rings is 1. The standard InChI is InChI=1S/C21H25N3OS2/c1-13-8-9-17(14(2)11-13)21-24-16(4)19(27-21)20(25)22-10-6-5-7-18-23-15(3)12-26-18/h8-9,11-12H,5-7,10H2,1-4H3,(H,22,25). The molecule has 0 aliphatic carbocycles. The number of thiazole rings is 2. The maximum atomic E-state index is 12.5. The van der Waals surface area contributed by atoms with Crippen molar-refractivity contribution in [2.45, 2.75) is 47.0 Å². The summed E-state index contributed by atoms with van der Waals surface area (Å²) in [6.07, 6.45) is 2.96. The fraction of sp³-hybridized carbons (Fsp3) is 0.381. The number of amides is 1. The Kier molecular flexibility index (Phi) is 6.39. The average Bonchev–Trinajstić information content (AvgIpc) is 3.20. The molecule has 4 nitrogen and oxygen atoms in total. The van der Waals surface area contributed by atoms with Crippen LogP contribution in [0.3, 0.4) is 0 Å². The van der Waals surface area contributed by atoms with Crippen LogP contribution in [0.4, 0.5) is 0 Å². The molecule has 6 heteroatoms. The number of carbonyl (C=O) groups is 1. The minimum absolute atomic E-state index is 0.0221. The van der Waals surface area contributed by atoms with Gasteiger partial charge in [-0.2, -0.15) is 0 Å². The Balaban J connectivity index is 1.54. The topological polar surface area (TPSA) is 54.9 Å². The molecule has 0 atom stereocenters. The molecule has 3 aromatic rings. The van der Waals surface area contributed by atoms with Gasteiger partial charge in [-0.3, -0.25) is 4.79 Å². The predicted molar refractivity (Wildman–Crippen MR) is 114 cm³/mol. The molecule has 0 saturated carbocycles. The van der Waals surface area contributed by atoms with Crippen LogP contribution in [0.5, 0.6) is 0 Å². The fourth-order valence-electron chi connectivity index (χ4n) is 2.98. The highest BCUT2D eigenvalue weighted by molar-refractivity contribution is 7.17. The highest BCUT2D eigenvalue weighted by Crippen LogP contribution is 2.30. The molecule has 1 aromatic carbocycles. The third kappa shape index (κ3) is 5.02. The van der Waals surface area contributed by atoms with Crippen LogP contribution >= 0.6 is 22.7 Å². The summed E-state index contributed by atoms with van der Waals surface area (Å²) in [4.78, 5) is 22.3. The van der Waals surface area contributed by atoms with Gasteiger partial charge >= 0.3 is 0 Å². The van der Waals surface area contributed by atoms with Crippen molar-refractivity contribution in [3.63, 3.8) is 0 Å². The summed E-state index contributed by atoms with van der Waals surface area (Å²) in [5.41, 5.74) is 5.41. The maximum absolute atomic E-state index is 12.5. The first-order valence-corrected chi connectivity index (χ1v) is 10.9. The highest BCUT2D eigenvalue weighted by Gasteiger charge is 2.16. The van der Waals surface area contributed by atoms with Crippen molar-refractivity contribution < 1.29 is 4.79 Å². The second-order valence-electron chi connectivity index (χ2n) is 6.85. The molecule has 0 radical (unpaired) electrons. The summed E-state index contributed by atoms with van der Waals surface area (Å²) in [5, 5.41) is 7.20. The van der Waals surface area contributed by atoms with Crippen LogP contribution in [-0.2, 0) is 6.42 Å². The maximum Gasteiger partial charge on any atom is 0.263 e. The third-order valence-corrected chi connectivity index (χ3v) is 6.60. The number of carbonyl (C=O) groups excluding carboxylic acids is 1. The van der Waals surface area contributed by atoms with Gasteiger partial charge in [0.15, 0.2) is 0 Å². The highest BCUT2D eigenvalue weighted by atomic mass is 32.1. The van der Waals surface area contributed by atoms with Crippen LogP contribution in [0.15, 0.2) is 23.6 Å². The quantitative estimate of drug-likeness (QED) is 0.552. The summed E-state index contributed by atoms with van der Waals surface area (Å²) in [7, 11) is 0. The number of unbranched alkanes of at least 4 members (excludes halogenated alkanes) is 1. The van der Waals surface area contributed by atoms with Gasteiger partial charge < -0.3 is 5.32 Å². The molecule has 1 amide bonds. The van der Waals surface area contributed by atoms with Crippen LogP contribution in [0.25, 0.3) is 10.6 Å². The van der Waals surface area contributed by atoms with E-state index in [0.29, 0.717) is 11.4 Å². The lowest BCUT2D eigenvalue weighted by Crippen LogP contribution is -2.24. The molecule has 2 aromatic heterocycles. The zero-order valence-corrected chi connectivity index (χ0v) is 17.9. The van der Waals surface area contributed by atoms with Gasteiger partial charge in [0.05, 0.1) is 10.7 Å². The number of hydrogen-bond donors (Lipinski definition) is 1. The lowest BCUT2D eigenvalue weighted by atomic mass is 10.1. The molecule has 0 spiro atoms. The first kappa shape index (κ1) is 19.7. The number of aromatic nitrogens is 2. The van der Waals surface area contributed by atoms with Crippen molar-refractivity contribution in [3.05, 3.63) is 56.0 Å². The van der Waals surface area contributed by atoms with E-state index in [9.17, 15) is 4.79 Å². The van der Waals surface area contributed by atoms with E-state index in [4.69, 9.17) is 0 Å². The molecule has 0 bridgehead atoms. The Morgan fingerprint density at radius 1 is 1.11 bits per heavy atom. The van der Waals surface area contributed by atoms with Gasteiger partial charge in [0.2, 0.25) is 0 Å². The summed E-state index contributed by atoms with van der Waals surface area (Å²) >= 11 is 3.18. The monoisotopic (exact) mass is 399 g/mol. The summed E-state index contributed by atoms with van der Waals surface area (Å²) < 4.78 is 0. The largest absolute Gasteiger partial charge is 0.351 e. The van der Waals surface area contributed by atoms with E-state index in [2.05, 4.69) is 52.7 Å². The number of aryl methyl sites for hydroxylation is 5. The van der Waals surface area contributed by atoms with E-state index >= 15 is 0 Å². The van der Waals surface area contributed by atoms with E-state index < -0.39 is 0 Å². The van der Waals surface area contributed by atoms with Crippen molar-refractivity contribution in [2.75, 3.05) is 6.54 Å². The van der Waals surface area contributed by atoms with E-state index in [1.165, 1.54) is 27.5 Å². The summed E-state index contributed by atoms with van der Waals surface area (Å²) in [6, 6.07) is 6.32. The summed E-state index contributed by atoms with van der Waals surface area (Å²) in [5.74, 6) is -0.0221. The first-order chi connectivity index (χ1) is 12.9. The number of nitrogens with one attached hydrogen (secondary N) is 1. The zero-order valence-electron chi connectivity index (χ0n) is 16.3. The van der Waals surface area contributed by atoms with Gasteiger partial charge in [-0.1, -0.05) is 23.8 Å². The van der Waals surface area contributed by atoms with E-state index in [1.54, 1.807) is 11.3 Å². The van der Waals surface area contributed by atoms with E-state index in [-0.39, 0.29) is 5.91 Å². The molecule has 0 saturated heterocycles. The fourth-order valence-corrected chi connectivity index (χ4v) is 4.87.